The lowest BCUT2D eigenvalue weighted by molar-refractivity contribution is -0.148. The number of nitrogens with two attached hydrogens (primary N) is 1. The van der Waals surface area contributed by atoms with Crippen molar-refractivity contribution in [2.24, 2.45) is 29.4 Å². The molecule has 7 heteroatoms. The molecule has 1 aliphatic rings. The van der Waals surface area contributed by atoms with E-state index in [4.69, 9.17) is 5.73 Å². The molecule has 0 spiro atoms. The summed E-state index contributed by atoms with van der Waals surface area (Å²) in [6.45, 7) is 4.39. The van der Waals surface area contributed by atoms with Crippen molar-refractivity contribution in [2.75, 3.05) is 0 Å². The SMILES string of the molecule is CC(C)C1CCC(CC(O)(P=O)C(CCC(N)=O)C(=O)O)CC1. The van der Waals surface area contributed by atoms with E-state index in [1.54, 1.807) is 0 Å². The van der Waals surface area contributed by atoms with E-state index in [9.17, 15) is 24.4 Å². The Balaban J connectivity index is 2.73. The number of primary amides is 1. The molecular weight excluding hydrogens is 317 g/mol. The summed E-state index contributed by atoms with van der Waals surface area (Å²) in [5.41, 5.74) is 5.06. The van der Waals surface area contributed by atoms with Crippen LogP contribution in [0.5, 0.6) is 0 Å². The predicted octanol–water partition coefficient (Wildman–Crippen LogP) is 2.79. The minimum absolute atomic E-state index is 0.0995. The first-order valence-electron chi connectivity index (χ1n) is 8.27. The summed E-state index contributed by atoms with van der Waals surface area (Å²) < 4.78 is 11.5. The van der Waals surface area contributed by atoms with Gasteiger partial charge in [-0.1, -0.05) is 26.7 Å². The lowest BCUT2D eigenvalue weighted by Gasteiger charge is -2.35. The molecule has 2 atom stereocenters. The van der Waals surface area contributed by atoms with Crippen molar-refractivity contribution in [1.29, 1.82) is 0 Å². The third-order valence-electron chi connectivity index (χ3n) is 5.12. The van der Waals surface area contributed by atoms with Crippen LogP contribution >= 0.6 is 8.46 Å². The van der Waals surface area contributed by atoms with Crippen LogP contribution in [0.25, 0.3) is 0 Å². The Morgan fingerprint density at radius 3 is 2.22 bits per heavy atom. The van der Waals surface area contributed by atoms with Gasteiger partial charge in [0.05, 0.1) is 5.92 Å². The minimum atomic E-state index is -1.84. The molecule has 0 radical (unpaired) electrons. The number of carboxylic acids is 1. The molecular formula is C16H28NO5P. The Hall–Kier alpha value is -1.00. The molecule has 0 aromatic heterocycles. The summed E-state index contributed by atoms with van der Waals surface area (Å²) in [4.78, 5) is 22.3. The summed E-state index contributed by atoms with van der Waals surface area (Å²) in [5.74, 6) is -1.68. The van der Waals surface area contributed by atoms with E-state index in [1.165, 1.54) is 0 Å². The first-order chi connectivity index (χ1) is 10.7. The largest absolute Gasteiger partial charge is 0.481 e. The fourth-order valence-corrected chi connectivity index (χ4v) is 4.27. The highest BCUT2D eigenvalue weighted by molar-refractivity contribution is 7.25. The van der Waals surface area contributed by atoms with Crippen molar-refractivity contribution < 1.29 is 24.4 Å². The number of aliphatic carboxylic acids is 1. The van der Waals surface area contributed by atoms with Gasteiger partial charge in [0.2, 0.25) is 5.91 Å². The number of amides is 1. The predicted molar refractivity (Wildman–Crippen MR) is 87.0 cm³/mol. The lowest BCUT2D eigenvalue weighted by atomic mass is 9.74. The summed E-state index contributed by atoms with van der Waals surface area (Å²) in [6, 6.07) is 0. The standard InChI is InChI=1S/C16H28NO5P/c1-10(2)12-5-3-11(4-6-12)9-16(21,23-22)13(15(19)20)7-8-14(17)18/h10-13,21H,3-9H2,1-2H3,(H2,17,18)(H,19,20). The molecule has 1 aliphatic carbocycles. The highest BCUT2D eigenvalue weighted by Gasteiger charge is 2.44. The van der Waals surface area contributed by atoms with Crippen LogP contribution in [0.2, 0.25) is 0 Å². The zero-order valence-electron chi connectivity index (χ0n) is 13.9. The molecule has 1 rings (SSSR count). The average molecular weight is 345 g/mol. The normalized spacial score (nSPS) is 25.9. The van der Waals surface area contributed by atoms with Crippen molar-refractivity contribution in [3.05, 3.63) is 0 Å². The Morgan fingerprint density at radius 1 is 1.26 bits per heavy atom. The molecule has 0 aliphatic heterocycles. The molecule has 0 aromatic rings. The number of rotatable bonds is 9. The smallest absolute Gasteiger partial charge is 0.310 e. The van der Waals surface area contributed by atoms with Gasteiger partial charge in [0.15, 0.2) is 13.8 Å². The molecule has 1 amide bonds. The number of hydrogen-bond acceptors (Lipinski definition) is 4. The number of carbonyl (C=O) groups excluding carboxylic acids is 1. The van der Waals surface area contributed by atoms with Gasteiger partial charge in [0.25, 0.3) is 0 Å². The van der Waals surface area contributed by atoms with Gasteiger partial charge in [-0.3, -0.25) is 14.2 Å². The van der Waals surface area contributed by atoms with E-state index >= 15 is 0 Å². The van der Waals surface area contributed by atoms with Crippen LogP contribution < -0.4 is 5.73 Å². The monoisotopic (exact) mass is 345 g/mol. The number of carbonyl (C=O) groups is 2. The van der Waals surface area contributed by atoms with Crippen molar-refractivity contribution in [3.63, 3.8) is 0 Å². The molecule has 0 saturated heterocycles. The zero-order valence-corrected chi connectivity index (χ0v) is 14.8. The highest BCUT2D eigenvalue weighted by atomic mass is 31.1. The molecule has 132 valence electrons. The van der Waals surface area contributed by atoms with Crippen LogP contribution in [0.1, 0.15) is 58.8 Å². The maximum absolute atomic E-state index is 11.5. The Labute approximate surface area is 139 Å². The number of carboxylic acid groups (broad SMARTS) is 1. The molecule has 4 N–H and O–H groups in total. The quantitative estimate of drug-likeness (QED) is 0.555. The average Bonchev–Trinajstić information content (AvgIpc) is 2.47. The third kappa shape index (κ3) is 5.85. The second kappa shape index (κ2) is 8.74. The first kappa shape index (κ1) is 20.0. The maximum Gasteiger partial charge on any atom is 0.310 e. The second-order valence-electron chi connectivity index (χ2n) is 7.09. The van der Waals surface area contributed by atoms with Gasteiger partial charge in [-0.15, -0.1) is 0 Å². The van der Waals surface area contributed by atoms with E-state index in [1.807, 2.05) is 0 Å². The molecule has 2 unspecified atom stereocenters. The third-order valence-corrected chi connectivity index (χ3v) is 5.93. The molecule has 23 heavy (non-hydrogen) atoms. The van der Waals surface area contributed by atoms with Crippen LogP contribution in [0.15, 0.2) is 0 Å². The Morgan fingerprint density at radius 2 is 1.83 bits per heavy atom. The number of aliphatic hydroxyl groups is 1. The molecule has 0 heterocycles. The van der Waals surface area contributed by atoms with Crippen LogP contribution in [-0.4, -0.2) is 27.4 Å². The Kier molecular flexibility index (Phi) is 7.62. The van der Waals surface area contributed by atoms with Crippen molar-refractivity contribution in [3.8, 4) is 0 Å². The van der Waals surface area contributed by atoms with E-state index in [-0.39, 0.29) is 25.2 Å². The molecule has 6 nitrogen and oxygen atoms in total. The van der Waals surface area contributed by atoms with Crippen LogP contribution in [-0.2, 0) is 14.2 Å². The lowest BCUT2D eigenvalue weighted by Crippen LogP contribution is -2.40. The van der Waals surface area contributed by atoms with Gasteiger partial charge in [0.1, 0.15) is 0 Å². The van der Waals surface area contributed by atoms with Crippen molar-refractivity contribution in [2.45, 2.75) is 64.1 Å². The van der Waals surface area contributed by atoms with Gasteiger partial charge in [-0.25, -0.2) is 0 Å². The van der Waals surface area contributed by atoms with E-state index < -0.39 is 31.6 Å². The van der Waals surface area contributed by atoms with E-state index in [0.29, 0.717) is 11.8 Å². The minimum Gasteiger partial charge on any atom is -0.481 e. The van der Waals surface area contributed by atoms with Gasteiger partial charge >= 0.3 is 5.97 Å². The van der Waals surface area contributed by atoms with Crippen LogP contribution in [0, 0.1) is 23.7 Å². The number of hydrogen-bond donors (Lipinski definition) is 3. The fourth-order valence-electron chi connectivity index (χ4n) is 3.57. The van der Waals surface area contributed by atoms with Crippen molar-refractivity contribution >= 4 is 20.3 Å². The summed E-state index contributed by atoms with van der Waals surface area (Å²) in [5, 5.41) is 18.1. The van der Waals surface area contributed by atoms with Crippen molar-refractivity contribution in [1.82, 2.24) is 0 Å². The first-order valence-corrected chi connectivity index (χ1v) is 9.08. The van der Waals surface area contributed by atoms with Gasteiger partial charge in [0, 0.05) is 6.42 Å². The topological polar surface area (TPSA) is 118 Å². The van der Waals surface area contributed by atoms with Gasteiger partial charge in [-0.05, 0) is 43.4 Å². The van der Waals surface area contributed by atoms with Crippen LogP contribution in [0.3, 0.4) is 0 Å². The maximum atomic E-state index is 11.5. The molecule has 0 bridgehead atoms. The fraction of sp³-hybridized carbons (Fsp3) is 0.875. The summed E-state index contributed by atoms with van der Waals surface area (Å²) >= 11 is 0. The van der Waals surface area contributed by atoms with Gasteiger partial charge in [-0.2, -0.15) is 0 Å². The second-order valence-corrected chi connectivity index (χ2v) is 8.05. The molecule has 1 fully saturated rings. The Bertz CT molecular complexity index is 434. The zero-order chi connectivity index (χ0) is 17.6. The van der Waals surface area contributed by atoms with E-state index in [2.05, 4.69) is 13.8 Å². The highest BCUT2D eigenvalue weighted by Crippen LogP contribution is 2.43. The van der Waals surface area contributed by atoms with Gasteiger partial charge < -0.3 is 15.9 Å². The summed E-state index contributed by atoms with van der Waals surface area (Å²) in [6.07, 6.45) is 3.84. The van der Waals surface area contributed by atoms with Crippen LogP contribution in [0.4, 0.5) is 0 Å². The molecule has 1 saturated carbocycles. The summed E-state index contributed by atoms with van der Waals surface area (Å²) in [7, 11) is -0.601. The van der Waals surface area contributed by atoms with E-state index in [0.717, 1.165) is 25.7 Å². The molecule has 0 aromatic carbocycles.